The molecule has 1 amide bonds. The van der Waals surface area contributed by atoms with E-state index >= 15 is 0 Å². The molecule has 0 heterocycles. The summed E-state index contributed by atoms with van der Waals surface area (Å²) in [6.45, 7) is 2.74. The first kappa shape index (κ1) is 14.7. The molecule has 0 fully saturated rings. The second kappa shape index (κ2) is 5.51. The molecule has 6 nitrogen and oxygen atoms in total. The van der Waals surface area contributed by atoms with Crippen molar-refractivity contribution in [2.24, 2.45) is 0 Å². The Labute approximate surface area is 110 Å². The lowest BCUT2D eigenvalue weighted by Crippen LogP contribution is -2.49. The standard InChI is InChI=1S/C13H15NO5/c1-13(2,12(17)18)14-10(15)8-5-4-6-9(7-8)11(16)19-3/h4-7H,1-3H3,(H,14,15)(H,17,18). The molecule has 0 radical (unpaired) electrons. The topological polar surface area (TPSA) is 92.7 Å². The van der Waals surface area contributed by atoms with Crippen molar-refractivity contribution in [2.45, 2.75) is 19.4 Å². The van der Waals surface area contributed by atoms with Gasteiger partial charge in [-0.25, -0.2) is 9.59 Å². The maximum absolute atomic E-state index is 11.9. The summed E-state index contributed by atoms with van der Waals surface area (Å²) in [6.07, 6.45) is 0. The lowest BCUT2D eigenvalue weighted by Gasteiger charge is -2.21. The van der Waals surface area contributed by atoms with Crippen molar-refractivity contribution in [3.8, 4) is 0 Å². The summed E-state index contributed by atoms with van der Waals surface area (Å²) in [6, 6.07) is 5.86. The molecule has 0 aliphatic heterocycles. The van der Waals surface area contributed by atoms with E-state index in [1.54, 1.807) is 0 Å². The van der Waals surface area contributed by atoms with Crippen LogP contribution in [0.25, 0.3) is 0 Å². The van der Waals surface area contributed by atoms with Gasteiger partial charge in [0.15, 0.2) is 0 Å². The Morgan fingerprint density at radius 1 is 1.21 bits per heavy atom. The minimum atomic E-state index is -1.39. The van der Waals surface area contributed by atoms with Crippen LogP contribution in [0.1, 0.15) is 34.6 Å². The molecule has 0 saturated heterocycles. The molecule has 6 heteroatoms. The molecular weight excluding hydrogens is 250 g/mol. The van der Waals surface area contributed by atoms with Crippen molar-refractivity contribution < 1.29 is 24.2 Å². The third kappa shape index (κ3) is 3.54. The smallest absolute Gasteiger partial charge is 0.337 e. The van der Waals surface area contributed by atoms with E-state index in [0.717, 1.165) is 0 Å². The zero-order chi connectivity index (χ0) is 14.6. The summed E-state index contributed by atoms with van der Waals surface area (Å²) in [5.41, 5.74) is -0.973. The summed E-state index contributed by atoms with van der Waals surface area (Å²) in [4.78, 5) is 34.2. The number of carboxylic acids is 1. The van der Waals surface area contributed by atoms with Crippen LogP contribution in [0.15, 0.2) is 24.3 Å². The van der Waals surface area contributed by atoms with Gasteiger partial charge in [0.2, 0.25) is 0 Å². The van der Waals surface area contributed by atoms with Gasteiger partial charge in [-0.2, -0.15) is 0 Å². The summed E-state index contributed by atoms with van der Waals surface area (Å²) in [5, 5.41) is 11.3. The maximum Gasteiger partial charge on any atom is 0.337 e. The van der Waals surface area contributed by atoms with E-state index in [4.69, 9.17) is 5.11 Å². The van der Waals surface area contributed by atoms with Crippen LogP contribution in [0.5, 0.6) is 0 Å². The third-order valence-corrected chi connectivity index (χ3v) is 2.51. The monoisotopic (exact) mass is 265 g/mol. The molecule has 19 heavy (non-hydrogen) atoms. The fourth-order valence-corrected chi connectivity index (χ4v) is 1.31. The number of benzene rings is 1. The highest BCUT2D eigenvalue weighted by Crippen LogP contribution is 2.09. The van der Waals surface area contributed by atoms with E-state index in [2.05, 4.69) is 10.1 Å². The summed E-state index contributed by atoms with van der Waals surface area (Å²) >= 11 is 0. The number of esters is 1. The zero-order valence-corrected chi connectivity index (χ0v) is 10.9. The van der Waals surface area contributed by atoms with Crippen LogP contribution in [0.2, 0.25) is 0 Å². The highest BCUT2D eigenvalue weighted by molar-refractivity contribution is 6.00. The number of ether oxygens (including phenoxy) is 1. The van der Waals surface area contributed by atoms with Gasteiger partial charge in [0.1, 0.15) is 5.54 Å². The van der Waals surface area contributed by atoms with Gasteiger partial charge in [0.25, 0.3) is 5.91 Å². The quantitative estimate of drug-likeness (QED) is 0.794. The molecule has 0 unspecified atom stereocenters. The Morgan fingerprint density at radius 3 is 2.32 bits per heavy atom. The number of nitrogens with one attached hydrogen (secondary N) is 1. The summed E-state index contributed by atoms with van der Waals surface area (Å²) in [7, 11) is 1.24. The lowest BCUT2D eigenvalue weighted by molar-refractivity contribution is -0.143. The summed E-state index contributed by atoms with van der Waals surface area (Å²) < 4.78 is 4.55. The fourth-order valence-electron chi connectivity index (χ4n) is 1.31. The number of carboxylic acid groups (broad SMARTS) is 1. The molecule has 0 aliphatic rings. The number of amides is 1. The van der Waals surface area contributed by atoms with E-state index < -0.39 is 23.4 Å². The Bertz CT molecular complexity index is 522. The second-order valence-corrected chi connectivity index (χ2v) is 4.46. The number of carbonyl (C=O) groups excluding carboxylic acids is 2. The van der Waals surface area contributed by atoms with Crippen molar-refractivity contribution in [3.05, 3.63) is 35.4 Å². The SMILES string of the molecule is COC(=O)c1cccc(C(=O)NC(C)(C)C(=O)O)c1. The van der Waals surface area contributed by atoms with Gasteiger partial charge in [-0.3, -0.25) is 4.79 Å². The normalized spacial score (nSPS) is 10.7. The number of carbonyl (C=O) groups is 3. The molecule has 0 spiro atoms. The van der Waals surface area contributed by atoms with Crippen LogP contribution < -0.4 is 5.32 Å². The van der Waals surface area contributed by atoms with Gasteiger partial charge in [-0.05, 0) is 32.0 Å². The molecule has 0 atom stereocenters. The van der Waals surface area contributed by atoms with E-state index in [1.807, 2.05) is 0 Å². The van der Waals surface area contributed by atoms with Gasteiger partial charge in [0.05, 0.1) is 12.7 Å². The van der Waals surface area contributed by atoms with Crippen LogP contribution in [-0.2, 0) is 9.53 Å². The average Bonchev–Trinajstić information content (AvgIpc) is 2.37. The largest absolute Gasteiger partial charge is 0.480 e. The molecule has 1 aromatic rings. The number of aliphatic carboxylic acids is 1. The zero-order valence-electron chi connectivity index (χ0n) is 10.9. The van der Waals surface area contributed by atoms with E-state index in [-0.39, 0.29) is 11.1 Å². The molecule has 0 bridgehead atoms. The number of hydrogen-bond donors (Lipinski definition) is 2. The Kier molecular flexibility index (Phi) is 4.26. The predicted octanol–water partition coefficient (Wildman–Crippen LogP) is 1.07. The predicted molar refractivity (Wildman–Crippen MR) is 67.0 cm³/mol. The van der Waals surface area contributed by atoms with Crippen molar-refractivity contribution in [1.82, 2.24) is 5.32 Å². The van der Waals surface area contributed by atoms with Crippen LogP contribution >= 0.6 is 0 Å². The van der Waals surface area contributed by atoms with E-state index in [9.17, 15) is 14.4 Å². The molecule has 0 saturated carbocycles. The van der Waals surface area contributed by atoms with Gasteiger partial charge < -0.3 is 15.2 Å². The van der Waals surface area contributed by atoms with Crippen LogP contribution in [-0.4, -0.2) is 35.6 Å². The lowest BCUT2D eigenvalue weighted by atomic mass is 10.0. The first-order valence-electron chi connectivity index (χ1n) is 5.52. The number of methoxy groups -OCH3 is 1. The molecule has 102 valence electrons. The molecule has 2 N–H and O–H groups in total. The van der Waals surface area contributed by atoms with Crippen LogP contribution in [0.4, 0.5) is 0 Å². The molecule has 0 aliphatic carbocycles. The fraction of sp³-hybridized carbons (Fsp3) is 0.308. The molecule has 0 aromatic heterocycles. The Hall–Kier alpha value is -2.37. The second-order valence-electron chi connectivity index (χ2n) is 4.46. The van der Waals surface area contributed by atoms with Gasteiger partial charge in [-0.1, -0.05) is 6.07 Å². The Balaban J connectivity index is 2.95. The first-order chi connectivity index (χ1) is 8.77. The molecule has 1 rings (SSSR count). The summed E-state index contributed by atoms with van der Waals surface area (Å²) in [5.74, 6) is -2.28. The van der Waals surface area contributed by atoms with Crippen LogP contribution in [0, 0.1) is 0 Å². The van der Waals surface area contributed by atoms with Gasteiger partial charge in [-0.15, -0.1) is 0 Å². The van der Waals surface area contributed by atoms with Crippen molar-refractivity contribution in [3.63, 3.8) is 0 Å². The maximum atomic E-state index is 11.9. The number of rotatable bonds is 4. The van der Waals surface area contributed by atoms with Crippen molar-refractivity contribution >= 4 is 17.8 Å². The molecular formula is C13H15NO5. The highest BCUT2D eigenvalue weighted by atomic mass is 16.5. The highest BCUT2D eigenvalue weighted by Gasteiger charge is 2.29. The third-order valence-electron chi connectivity index (χ3n) is 2.51. The van der Waals surface area contributed by atoms with Crippen LogP contribution in [0.3, 0.4) is 0 Å². The van der Waals surface area contributed by atoms with Crippen molar-refractivity contribution in [2.75, 3.05) is 7.11 Å². The average molecular weight is 265 g/mol. The number of hydrogen-bond acceptors (Lipinski definition) is 4. The minimum absolute atomic E-state index is 0.192. The van der Waals surface area contributed by atoms with Gasteiger partial charge in [0, 0.05) is 5.56 Å². The molecule has 1 aromatic carbocycles. The minimum Gasteiger partial charge on any atom is -0.480 e. The van der Waals surface area contributed by atoms with E-state index in [0.29, 0.717) is 0 Å². The van der Waals surface area contributed by atoms with Gasteiger partial charge >= 0.3 is 11.9 Å². The van der Waals surface area contributed by atoms with Crippen molar-refractivity contribution in [1.29, 1.82) is 0 Å². The van der Waals surface area contributed by atoms with E-state index in [1.165, 1.54) is 45.2 Å². The Morgan fingerprint density at radius 2 is 1.79 bits per heavy atom. The first-order valence-corrected chi connectivity index (χ1v) is 5.52.